The van der Waals surface area contributed by atoms with Crippen molar-refractivity contribution in [2.24, 2.45) is 29.6 Å². The zero-order chi connectivity index (χ0) is 34.2. The van der Waals surface area contributed by atoms with Crippen molar-refractivity contribution in [1.29, 1.82) is 0 Å². The van der Waals surface area contributed by atoms with Gasteiger partial charge in [0.05, 0.1) is 56.5 Å². The van der Waals surface area contributed by atoms with Gasteiger partial charge in [0, 0.05) is 30.2 Å². The van der Waals surface area contributed by atoms with Gasteiger partial charge >= 0.3 is 0 Å². The van der Waals surface area contributed by atoms with Crippen molar-refractivity contribution in [3.8, 4) is 11.5 Å². The Morgan fingerprint density at radius 1 is 0.771 bits per heavy atom. The van der Waals surface area contributed by atoms with Crippen LogP contribution >= 0.6 is 15.9 Å². The van der Waals surface area contributed by atoms with Crippen molar-refractivity contribution >= 4 is 62.3 Å². The summed E-state index contributed by atoms with van der Waals surface area (Å²) in [6, 6.07) is 13.4. The molecule has 2 heterocycles. The van der Waals surface area contributed by atoms with E-state index in [0.717, 1.165) is 9.80 Å². The normalized spacial score (nSPS) is 26.2. The molecule has 3 aromatic carbocycles. The number of carbonyl (C=O) groups excluding carboxylic acids is 4. The standard InChI is InChI=1S/C33H25BrN4O10/c1-48-25-13-15(12-24(34)29(25)39)26-20-10-11-21-27(32(42)35(30(21)40)16-2-6-18(7-3-16)37(44)45)22(20)14-23-28(26)33(43)36(31(23)41)17-4-8-19(9-5-17)38(46)47/h2-10,12-13,21-23,26-28,39H,11,14H2,1H3/t21-,22+,23+,26-,27-,28+/m0/s1. The van der Waals surface area contributed by atoms with Crippen LogP contribution in [0.15, 0.2) is 76.8 Å². The maximum atomic E-state index is 14.3. The van der Waals surface area contributed by atoms with Gasteiger partial charge in [-0.15, -0.1) is 0 Å². The topological polar surface area (TPSA) is 190 Å². The fourth-order valence-corrected chi connectivity index (χ4v) is 8.31. The average molecular weight is 717 g/mol. The minimum atomic E-state index is -0.925. The van der Waals surface area contributed by atoms with Crippen molar-refractivity contribution < 1.29 is 38.9 Å². The Balaban J connectivity index is 1.33. The quantitative estimate of drug-likeness (QED) is 0.157. The summed E-state index contributed by atoms with van der Waals surface area (Å²) in [7, 11) is 1.37. The molecule has 244 valence electrons. The Bertz CT molecular complexity index is 1980. The first-order valence-corrected chi connectivity index (χ1v) is 15.7. The van der Waals surface area contributed by atoms with Crippen LogP contribution in [0.1, 0.15) is 24.3 Å². The monoisotopic (exact) mass is 716 g/mol. The fourth-order valence-electron chi connectivity index (χ4n) is 7.85. The summed E-state index contributed by atoms with van der Waals surface area (Å²) < 4.78 is 5.68. The van der Waals surface area contributed by atoms with E-state index in [1.165, 1.54) is 55.6 Å². The Labute approximate surface area is 280 Å². The predicted molar refractivity (Wildman–Crippen MR) is 171 cm³/mol. The summed E-state index contributed by atoms with van der Waals surface area (Å²) in [6.45, 7) is 0. The van der Waals surface area contributed by atoms with Gasteiger partial charge in [-0.1, -0.05) is 11.6 Å². The summed E-state index contributed by atoms with van der Waals surface area (Å²) in [4.78, 5) is 79.6. The first-order chi connectivity index (χ1) is 22.9. The molecule has 0 aromatic heterocycles. The van der Waals surface area contributed by atoms with E-state index >= 15 is 0 Å². The van der Waals surface area contributed by atoms with Gasteiger partial charge in [0.1, 0.15) is 0 Å². The summed E-state index contributed by atoms with van der Waals surface area (Å²) in [5.74, 6) is -6.88. The number of fused-ring (bicyclic) bond motifs is 4. The molecule has 6 atom stereocenters. The molecule has 3 aromatic rings. The second-order valence-electron chi connectivity index (χ2n) is 12.1. The lowest BCUT2D eigenvalue weighted by Gasteiger charge is -2.44. The summed E-state index contributed by atoms with van der Waals surface area (Å²) in [6.07, 6.45) is 2.13. The molecule has 3 fully saturated rings. The fraction of sp³-hybridized carbons (Fsp3) is 0.273. The number of nitrogens with zero attached hydrogens (tertiary/aromatic N) is 4. The van der Waals surface area contributed by atoms with E-state index in [9.17, 15) is 44.5 Å². The Morgan fingerprint density at radius 3 is 1.81 bits per heavy atom. The summed E-state index contributed by atoms with van der Waals surface area (Å²) in [5, 5.41) is 33.0. The van der Waals surface area contributed by atoms with Crippen molar-refractivity contribution in [3.63, 3.8) is 0 Å². The highest BCUT2D eigenvalue weighted by molar-refractivity contribution is 9.10. The number of ether oxygens (including phenoxy) is 1. The lowest BCUT2D eigenvalue weighted by Crippen LogP contribution is -2.43. The summed E-state index contributed by atoms with van der Waals surface area (Å²) in [5.41, 5.74) is 1.20. The zero-order valence-corrected chi connectivity index (χ0v) is 26.6. The van der Waals surface area contributed by atoms with Gasteiger partial charge in [-0.3, -0.25) is 49.2 Å². The van der Waals surface area contributed by atoms with Crippen LogP contribution in [0.4, 0.5) is 22.7 Å². The van der Waals surface area contributed by atoms with Crippen LogP contribution in [0, 0.1) is 49.8 Å². The lowest BCUT2D eigenvalue weighted by molar-refractivity contribution is -0.385. The van der Waals surface area contributed by atoms with Gasteiger partial charge in [0.2, 0.25) is 23.6 Å². The van der Waals surface area contributed by atoms with Gasteiger partial charge in [0.15, 0.2) is 11.5 Å². The number of aromatic hydroxyl groups is 1. The van der Waals surface area contributed by atoms with Crippen LogP contribution in [-0.4, -0.2) is 45.7 Å². The van der Waals surface area contributed by atoms with Crippen molar-refractivity contribution in [1.82, 2.24) is 0 Å². The second kappa shape index (κ2) is 11.4. The van der Waals surface area contributed by atoms with Gasteiger partial charge in [-0.05, 0) is 76.7 Å². The smallest absolute Gasteiger partial charge is 0.269 e. The number of nitro benzene ring substituents is 2. The number of methoxy groups -OCH3 is 1. The zero-order valence-electron chi connectivity index (χ0n) is 25.0. The molecule has 4 aliphatic rings. The first kappa shape index (κ1) is 31.2. The molecule has 0 unspecified atom stereocenters. The molecule has 4 amide bonds. The second-order valence-corrected chi connectivity index (χ2v) is 13.0. The molecular weight excluding hydrogens is 692 g/mol. The number of allylic oxidation sites excluding steroid dienone is 2. The van der Waals surface area contributed by atoms with Crippen molar-refractivity contribution in [3.05, 3.63) is 103 Å². The molecule has 2 saturated heterocycles. The maximum Gasteiger partial charge on any atom is 0.269 e. The number of benzene rings is 3. The molecule has 7 rings (SSSR count). The maximum absolute atomic E-state index is 14.3. The van der Waals surface area contributed by atoms with Crippen LogP contribution < -0.4 is 14.5 Å². The summed E-state index contributed by atoms with van der Waals surface area (Å²) >= 11 is 3.35. The van der Waals surface area contributed by atoms with E-state index in [1.807, 2.05) is 6.08 Å². The van der Waals surface area contributed by atoms with Crippen LogP contribution in [0.3, 0.4) is 0 Å². The lowest BCUT2D eigenvalue weighted by atomic mass is 9.57. The Morgan fingerprint density at radius 2 is 1.29 bits per heavy atom. The van der Waals surface area contributed by atoms with Crippen LogP contribution in [-0.2, 0) is 19.2 Å². The van der Waals surface area contributed by atoms with E-state index in [-0.39, 0.29) is 51.6 Å². The number of hydrogen-bond acceptors (Lipinski definition) is 10. The molecule has 1 saturated carbocycles. The minimum Gasteiger partial charge on any atom is -0.503 e. The number of phenolic OH excluding ortho intramolecular Hbond substituents is 1. The number of rotatable bonds is 6. The molecule has 0 spiro atoms. The SMILES string of the molecule is COc1cc([C@H]2C3=CC[C@@H]4C(=O)N(c5ccc([N+](=O)[O-])cc5)C(=O)[C@@H]4[C@@H]3C[C@H]3C(=O)N(c4ccc([N+](=O)[O-])cc4)C(=O)[C@@H]23)cc(Br)c1O. The molecule has 48 heavy (non-hydrogen) atoms. The van der Waals surface area contributed by atoms with E-state index in [1.54, 1.807) is 12.1 Å². The highest BCUT2D eigenvalue weighted by Gasteiger charge is 2.62. The number of carbonyl (C=O) groups is 4. The highest BCUT2D eigenvalue weighted by atomic mass is 79.9. The molecule has 2 aliphatic heterocycles. The molecule has 1 N–H and O–H groups in total. The molecule has 15 heteroatoms. The third-order valence-electron chi connectivity index (χ3n) is 9.92. The Kier molecular flexibility index (Phi) is 7.38. The third-order valence-corrected chi connectivity index (χ3v) is 10.5. The number of halogens is 1. The minimum absolute atomic E-state index is 0.0890. The molecule has 2 aliphatic carbocycles. The van der Waals surface area contributed by atoms with E-state index < -0.39 is 69.0 Å². The Hall–Kier alpha value is -5.44. The largest absolute Gasteiger partial charge is 0.503 e. The number of non-ortho nitro benzene ring substituents is 2. The highest BCUT2D eigenvalue weighted by Crippen LogP contribution is 2.59. The van der Waals surface area contributed by atoms with Gasteiger partial charge in [0.25, 0.3) is 11.4 Å². The molecular formula is C33H25BrN4O10. The number of anilines is 2. The number of amides is 4. The molecule has 14 nitrogen and oxygen atoms in total. The number of phenols is 1. The van der Waals surface area contributed by atoms with E-state index in [4.69, 9.17) is 4.74 Å². The molecule has 0 bridgehead atoms. The average Bonchev–Trinajstić information content (AvgIpc) is 3.48. The number of hydrogen-bond donors (Lipinski definition) is 1. The first-order valence-electron chi connectivity index (χ1n) is 14.9. The predicted octanol–water partition coefficient (Wildman–Crippen LogP) is 5.02. The van der Waals surface area contributed by atoms with E-state index in [2.05, 4.69) is 15.9 Å². The van der Waals surface area contributed by atoms with Crippen LogP contribution in [0.25, 0.3) is 0 Å². The van der Waals surface area contributed by atoms with Crippen molar-refractivity contribution in [2.75, 3.05) is 16.9 Å². The molecule has 0 radical (unpaired) electrons. The van der Waals surface area contributed by atoms with Crippen LogP contribution in [0.5, 0.6) is 11.5 Å². The van der Waals surface area contributed by atoms with Crippen LogP contribution in [0.2, 0.25) is 0 Å². The van der Waals surface area contributed by atoms with Gasteiger partial charge in [-0.25, -0.2) is 0 Å². The number of nitro groups is 2. The van der Waals surface area contributed by atoms with Gasteiger partial charge in [-0.2, -0.15) is 0 Å². The van der Waals surface area contributed by atoms with E-state index in [0.29, 0.717) is 11.1 Å². The third kappa shape index (κ3) is 4.59. The number of imide groups is 2. The van der Waals surface area contributed by atoms with Crippen molar-refractivity contribution in [2.45, 2.75) is 18.8 Å². The van der Waals surface area contributed by atoms with Gasteiger partial charge < -0.3 is 9.84 Å².